The van der Waals surface area contributed by atoms with Crippen LogP contribution in [0.25, 0.3) is 0 Å². The standard InChI is InChI=1S/C19H26O2/c1-18-7-3-4-14(18)13-11-17(21)16-10-12(20)5-9-19(16,2)15(13)6-8-18/h3,7,13-16H,4-6,8-11H2,1-2H3. The fraction of sp³-hybridized carbons (Fsp3) is 0.789. The van der Waals surface area contributed by atoms with Crippen LogP contribution < -0.4 is 0 Å². The van der Waals surface area contributed by atoms with Crippen molar-refractivity contribution in [3.05, 3.63) is 12.2 Å². The van der Waals surface area contributed by atoms with E-state index >= 15 is 0 Å². The first-order valence-electron chi connectivity index (χ1n) is 8.66. The molecular weight excluding hydrogens is 260 g/mol. The summed E-state index contributed by atoms with van der Waals surface area (Å²) in [5.41, 5.74) is 0.424. The van der Waals surface area contributed by atoms with E-state index in [0.717, 1.165) is 19.3 Å². The van der Waals surface area contributed by atoms with Crippen molar-refractivity contribution >= 4 is 11.6 Å². The van der Waals surface area contributed by atoms with Gasteiger partial charge in [-0.1, -0.05) is 26.0 Å². The summed E-state index contributed by atoms with van der Waals surface area (Å²) in [5.74, 6) is 2.61. The van der Waals surface area contributed by atoms with E-state index in [1.54, 1.807) is 0 Å². The van der Waals surface area contributed by atoms with Crippen LogP contribution >= 0.6 is 0 Å². The zero-order valence-corrected chi connectivity index (χ0v) is 13.2. The molecule has 3 fully saturated rings. The van der Waals surface area contributed by atoms with Crippen LogP contribution in [0.5, 0.6) is 0 Å². The zero-order valence-electron chi connectivity index (χ0n) is 13.2. The lowest BCUT2D eigenvalue weighted by atomic mass is 9.45. The second kappa shape index (κ2) is 4.30. The maximum absolute atomic E-state index is 12.8. The van der Waals surface area contributed by atoms with Gasteiger partial charge in [-0.15, -0.1) is 0 Å². The number of hydrogen-bond acceptors (Lipinski definition) is 2. The number of carbonyl (C=O) groups excluding carboxylic acids is 2. The van der Waals surface area contributed by atoms with Crippen LogP contribution in [-0.2, 0) is 9.59 Å². The molecule has 21 heavy (non-hydrogen) atoms. The van der Waals surface area contributed by atoms with E-state index in [1.165, 1.54) is 12.8 Å². The van der Waals surface area contributed by atoms with Gasteiger partial charge in [-0.2, -0.15) is 0 Å². The first-order chi connectivity index (χ1) is 9.94. The van der Waals surface area contributed by atoms with Gasteiger partial charge in [-0.05, 0) is 54.3 Å². The highest BCUT2D eigenvalue weighted by Crippen LogP contribution is 2.63. The minimum absolute atomic E-state index is 0.0266. The molecule has 0 aromatic carbocycles. The Bertz CT molecular complexity index is 534. The molecule has 4 rings (SSSR count). The normalized spacial score (nSPS) is 52.3. The lowest BCUT2D eigenvalue weighted by molar-refractivity contribution is -0.156. The fourth-order valence-electron chi connectivity index (χ4n) is 6.32. The maximum atomic E-state index is 12.8. The predicted octanol–water partition coefficient (Wildman–Crippen LogP) is 3.94. The van der Waals surface area contributed by atoms with E-state index in [1.807, 2.05) is 0 Å². The quantitative estimate of drug-likeness (QED) is 0.632. The smallest absolute Gasteiger partial charge is 0.137 e. The molecular formula is C19H26O2. The molecule has 0 heterocycles. The highest BCUT2D eigenvalue weighted by Gasteiger charge is 2.59. The molecule has 0 bridgehead atoms. The second-order valence-electron chi connectivity index (χ2n) is 8.53. The number of ketones is 2. The van der Waals surface area contributed by atoms with Crippen LogP contribution in [0.4, 0.5) is 0 Å². The summed E-state index contributed by atoms with van der Waals surface area (Å²) in [4.78, 5) is 24.6. The number of Topliss-reactive ketones (excluding diaryl/α,β-unsaturated/α-hetero) is 2. The predicted molar refractivity (Wildman–Crippen MR) is 81.6 cm³/mol. The van der Waals surface area contributed by atoms with Gasteiger partial charge in [0.15, 0.2) is 0 Å². The van der Waals surface area contributed by atoms with Crippen molar-refractivity contribution in [3.8, 4) is 0 Å². The Morgan fingerprint density at radius 3 is 2.71 bits per heavy atom. The third kappa shape index (κ3) is 1.77. The minimum atomic E-state index is 0.0266. The molecule has 4 aliphatic rings. The Morgan fingerprint density at radius 2 is 1.90 bits per heavy atom. The molecule has 2 heteroatoms. The van der Waals surface area contributed by atoms with Gasteiger partial charge in [0.1, 0.15) is 11.6 Å². The van der Waals surface area contributed by atoms with E-state index in [-0.39, 0.29) is 11.3 Å². The monoisotopic (exact) mass is 286 g/mol. The van der Waals surface area contributed by atoms with Gasteiger partial charge in [-0.3, -0.25) is 9.59 Å². The van der Waals surface area contributed by atoms with Gasteiger partial charge in [-0.25, -0.2) is 0 Å². The molecule has 0 aliphatic heterocycles. The Balaban J connectivity index is 1.70. The second-order valence-corrected chi connectivity index (χ2v) is 8.53. The topological polar surface area (TPSA) is 34.1 Å². The lowest BCUT2D eigenvalue weighted by Gasteiger charge is -2.58. The van der Waals surface area contributed by atoms with E-state index in [4.69, 9.17) is 0 Å². The van der Waals surface area contributed by atoms with Crippen LogP contribution in [0.15, 0.2) is 12.2 Å². The molecule has 3 saturated carbocycles. The van der Waals surface area contributed by atoms with Crippen molar-refractivity contribution in [1.29, 1.82) is 0 Å². The summed E-state index contributed by atoms with van der Waals surface area (Å²) < 4.78 is 0. The Morgan fingerprint density at radius 1 is 1.10 bits per heavy atom. The van der Waals surface area contributed by atoms with Crippen molar-refractivity contribution in [3.63, 3.8) is 0 Å². The van der Waals surface area contributed by atoms with Crippen LogP contribution in [0.3, 0.4) is 0 Å². The van der Waals surface area contributed by atoms with Crippen molar-refractivity contribution in [2.75, 3.05) is 0 Å². The van der Waals surface area contributed by atoms with Crippen molar-refractivity contribution in [2.24, 2.45) is 34.5 Å². The largest absolute Gasteiger partial charge is 0.300 e. The van der Waals surface area contributed by atoms with Crippen molar-refractivity contribution in [2.45, 2.75) is 58.8 Å². The minimum Gasteiger partial charge on any atom is -0.300 e. The molecule has 0 radical (unpaired) electrons. The highest BCUT2D eigenvalue weighted by molar-refractivity contribution is 5.90. The zero-order chi connectivity index (χ0) is 14.8. The molecule has 0 aromatic rings. The lowest BCUT2D eigenvalue weighted by Crippen LogP contribution is -2.56. The van der Waals surface area contributed by atoms with Crippen LogP contribution in [-0.4, -0.2) is 11.6 Å². The third-order valence-corrected chi connectivity index (χ3v) is 7.61. The number of hydrogen-bond donors (Lipinski definition) is 0. The molecule has 0 amide bonds. The van der Waals surface area contributed by atoms with Gasteiger partial charge >= 0.3 is 0 Å². The summed E-state index contributed by atoms with van der Waals surface area (Å²) in [5, 5.41) is 0. The molecule has 114 valence electrons. The summed E-state index contributed by atoms with van der Waals surface area (Å²) >= 11 is 0. The first-order valence-corrected chi connectivity index (χ1v) is 8.66. The summed E-state index contributed by atoms with van der Waals surface area (Å²) in [6, 6.07) is 0. The first kappa shape index (κ1) is 13.7. The van der Waals surface area contributed by atoms with E-state index in [2.05, 4.69) is 26.0 Å². The van der Waals surface area contributed by atoms with Crippen LogP contribution in [0.1, 0.15) is 58.8 Å². The summed E-state index contributed by atoms with van der Waals surface area (Å²) in [6.45, 7) is 4.71. The number of carbonyl (C=O) groups is 2. The van der Waals surface area contributed by atoms with Crippen LogP contribution in [0, 0.1) is 34.5 Å². The average molecular weight is 286 g/mol. The molecule has 0 aromatic heterocycles. The van der Waals surface area contributed by atoms with Gasteiger partial charge in [0.05, 0.1) is 0 Å². The van der Waals surface area contributed by atoms with Gasteiger partial charge in [0.2, 0.25) is 0 Å². The fourth-order valence-corrected chi connectivity index (χ4v) is 6.32. The summed E-state index contributed by atoms with van der Waals surface area (Å²) in [6.07, 6.45) is 11.3. The Hall–Kier alpha value is -0.920. The Kier molecular flexibility index (Phi) is 2.81. The van der Waals surface area contributed by atoms with Gasteiger partial charge < -0.3 is 0 Å². The van der Waals surface area contributed by atoms with Crippen molar-refractivity contribution in [1.82, 2.24) is 0 Å². The average Bonchev–Trinajstić information content (AvgIpc) is 2.83. The molecule has 0 spiro atoms. The molecule has 2 nitrogen and oxygen atoms in total. The van der Waals surface area contributed by atoms with Crippen LogP contribution in [0.2, 0.25) is 0 Å². The SMILES string of the molecule is CC12C=CCC1C1CC(=O)C3CC(=O)CCC3(C)C1CC2. The third-order valence-electron chi connectivity index (χ3n) is 7.61. The Labute approximate surface area is 127 Å². The van der Waals surface area contributed by atoms with Crippen molar-refractivity contribution < 1.29 is 9.59 Å². The molecule has 6 unspecified atom stereocenters. The molecule has 4 aliphatic carbocycles. The van der Waals surface area contributed by atoms with Gasteiger partial charge in [0, 0.05) is 25.2 Å². The van der Waals surface area contributed by atoms with E-state index in [0.29, 0.717) is 47.6 Å². The molecule has 6 atom stereocenters. The van der Waals surface area contributed by atoms with E-state index in [9.17, 15) is 9.59 Å². The number of fused-ring (bicyclic) bond motifs is 5. The summed E-state index contributed by atoms with van der Waals surface area (Å²) in [7, 11) is 0. The van der Waals surface area contributed by atoms with Gasteiger partial charge in [0.25, 0.3) is 0 Å². The highest BCUT2D eigenvalue weighted by atomic mass is 16.1. The molecule has 0 N–H and O–H groups in total. The molecule has 0 saturated heterocycles. The maximum Gasteiger partial charge on any atom is 0.137 e. The number of allylic oxidation sites excluding steroid dienone is 2. The van der Waals surface area contributed by atoms with E-state index < -0.39 is 0 Å². The number of rotatable bonds is 0.